The van der Waals surface area contributed by atoms with Crippen LogP contribution in [0.25, 0.3) is 0 Å². The van der Waals surface area contributed by atoms with Gasteiger partial charge in [0, 0.05) is 31.2 Å². The van der Waals surface area contributed by atoms with Gasteiger partial charge >= 0.3 is 0 Å². The van der Waals surface area contributed by atoms with Crippen molar-refractivity contribution in [2.24, 2.45) is 0 Å². The number of carbonyl (C=O) groups is 1. The van der Waals surface area contributed by atoms with Crippen LogP contribution >= 0.6 is 23.2 Å². The third-order valence-electron chi connectivity index (χ3n) is 4.67. The highest BCUT2D eigenvalue weighted by atomic mass is 35.5. The quantitative estimate of drug-likeness (QED) is 0.875. The van der Waals surface area contributed by atoms with E-state index >= 15 is 0 Å². The molecule has 1 heterocycles. The molecule has 0 unspecified atom stereocenters. The molecule has 1 aliphatic carbocycles. The lowest BCUT2D eigenvalue weighted by atomic mass is 10.1. The standard InChI is InChI=1S/C19H18Cl2N2O/c20-17-6-1-12(7-18(17)21)11-23(16-4-5-16)19(24)13-2-3-14-9-22-10-15(14)8-13/h1-3,6-8,16,22H,4-5,9-11H2. The third kappa shape index (κ3) is 3.16. The van der Waals surface area contributed by atoms with Crippen LogP contribution in [-0.4, -0.2) is 16.8 Å². The number of amides is 1. The molecule has 5 heteroatoms. The molecule has 0 spiro atoms. The van der Waals surface area contributed by atoms with Gasteiger partial charge in [-0.25, -0.2) is 0 Å². The van der Waals surface area contributed by atoms with Crippen molar-refractivity contribution in [3.8, 4) is 0 Å². The molecule has 0 aromatic heterocycles. The fourth-order valence-corrected chi connectivity index (χ4v) is 3.50. The van der Waals surface area contributed by atoms with Gasteiger partial charge in [-0.2, -0.15) is 0 Å². The molecular weight excluding hydrogens is 343 g/mol. The van der Waals surface area contributed by atoms with E-state index in [1.165, 1.54) is 11.1 Å². The summed E-state index contributed by atoms with van der Waals surface area (Å²) in [5, 5.41) is 4.38. The van der Waals surface area contributed by atoms with E-state index in [1.54, 1.807) is 6.07 Å². The Morgan fingerprint density at radius 3 is 2.58 bits per heavy atom. The zero-order valence-corrected chi connectivity index (χ0v) is 14.7. The molecule has 4 rings (SSSR count). The van der Waals surface area contributed by atoms with Gasteiger partial charge in [0.1, 0.15) is 0 Å². The molecule has 0 radical (unpaired) electrons. The van der Waals surface area contributed by atoms with Crippen molar-refractivity contribution in [1.82, 2.24) is 10.2 Å². The molecule has 1 amide bonds. The molecule has 2 aromatic carbocycles. The van der Waals surface area contributed by atoms with Gasteiger partial charge in [0.15, 0.2) is 0 Å². The molecule has 24 heavy (non-hydrogen) atoms. The summed E-state index contributed by atoms with van der Waals surface area (Å²) in [6, 6.07) is 11.9. The SMILES string of the molecule is O=C(c1ccc2c(c1)CNC2)N(Cc1ccc(Cl)c(Cl)c1)C1CC1. The summed E-state index contributed by atoms with van der Waals surface area (Å²) < 4.78 is 0. The highest BCUT2D eigenvalue weighted by Crippen LogP contribution is 2.31. The average molecular weight is 361 g/mol. The van der Waals surface area contributed by atoms with Crippen molar-refractivity contribution in [2.45, 2.75) is 38.5 Å². The first-order valence-corrected chi connectivity index (χ1v) is 8.95. The predicted molar refractivity (Wildman–Crippen MR) is 96.3 cm³/mol. The molecule has 2 aromatic rings. The first kappa shape index (κ1) is 15.9. The number of hydrogen-bond donors (Lipinski definition) is 1. The molecule has 1 fully saturated rings. The van der Waals surface area contributed by atoms with Gasteiger partial charge in [0.05, 0.1) is 10.0 Å². The van der Waals surface area contributed by atoms with E-state index in [0.717, 1.165) is 37.1 Å². The monoisotopic (exact) mass is 360 g/mol. The Bertz CT molecular complexity index is 802. The highest BCUT2D eigenvalue weighted by molar-refractivity contribution is 6.42. The van der Waals surface area contributed by atoms with E-state index in [1.807, 2.05) is 29.2 Å². The zero-order chi connectivity index (χ0) is 16.7. The molecule has 1 saturated carbocycles. The molecule has 1 aliphatic heterocycles. The fourth-order valence-electron chi connectivity index (χ4n) is 3.18. The second-order valence-corrected chi connectivity index (χ2v) is 7.31. The van der Waals surface area contributed by atoms with Crippen molar-refractivity contribution in [1.29, 1.82) is 0 Å². The van der Waals surface area contributed by atoms with Crippen molar-refractivity contribution >= 4 is 29.1 Å². The minimum Gasteiger partial charge on any atom is -0.331 e. The van der Waals surface area contributed by atoms with Gasteiger partial charge in [-0.15, -0.1) is 0 Å². The predicted octanol–water partition coefficient (Wildman–Crippen LogP) is 4.40. The molecule has 0 bridgehead atoms. The Labute approximate surface area is 151 Å². The van der Waals surface area contributed by atoms with Gasteiger partial charge in [-0.05, 0) is 53.8 Å². The first-order chi connectivity index (χ1) is 11.6. The van der Waals surface area contributed by atoms with Crippen LogP contribution in [-0.2, 0) is 19.6 Å². The molecule has 3 nitrogen and oxygen atoms in total. The highest BCUT2D eigenvalue weighted by Gasteiger charge is 2.33. The number of nitrogens with one attached hydrogen (secondary N) is 1. The summed E-state index contributed by atoms with van der Waals surface area (Å²) in [5.74, 6) is 0.0956. The van der Waals surface area contributed by atoms with Crippen molar-refractivity contribution in [2.75, 3.05) is 0 Å². The minimum atomic E-state index is 0.0956. The van der Waals surface area contributed by atoms with Crippen molar-refractivity contribution < 1.29 is 4.79 Å². The lowest BCUT2D eigenvalue weighted by molar-refractivity contribution is 0.0730. The summed E-state index contributed by atoms with van der Waals surface area (Å²) in [6.07, 6.45) is 2.14. The number of rotatable bonds is 4. The van der Waals surface area contributed by atoms with E-state index < -0.39 is 0 Å². The maximum absolute atomic E-state index is 13.0. The maximum atomic E-state index is 13.0. The number of halogens is 2. The van der Waals surface area contributed by atoms with Gasteiger partial charge in [0.2, 0.25) is 0 Å². The van der Waals surface area contributed by atoms with Crippen LogP contribution in [0.2, 0.25) is 10.0 Å². The fraction of sp³-hybridized carbons (Fsp3) is 0.316. The van der Waals surface area contributed by atoms with Gasteiger partial charge < -0.3 is 10.2 Å². The second-order valence-electron chi connectivity index (χ2n) is 6.50. The van der Waals surface area contributed by atoms with E-state index in [9.17, 15) is 4.79 Å². The van der Waals surface area contributed by atoms with Crippen LogP contribution in [0.3, 0.4) is 0 Å². The summed E-state index contributed by atoms with van der Waals surface area (Å²) in [5.41, 5.74) is 4.29. The Morgan fingerprint density at radius 2 is 1.83 bits per heavy atom. The van der Waals surface area contributed by atoms with Gasteiger partial charge in [-0.1, -0.05) is 35.3 Å². The number of benzene rings is 2. The minimum absolute atomic E-state index is 0.0956. The lowest BCUT2D eigenvalue weighted by Gasteiger charge is -2.23. The maximum Gasteiger partial charge on any atom is 0.254 e. The van der Waals surface area contributed by atoms with Crippen molar-refractivity contribution in [3.63, 3.8) is 0 Å². The molecular formula is C19H18Cl2N2O. The van der Waals surface area contributed by atoms with Crippen LogP contribution in [0.15, 0.2) is 36.4 Å². The van der Waals surface area contributed by atoms with Crippen LogP contribution in [0.1, 0.15) is 39.9 Å². The van der Waals surface area contributed by atoms with E-state index in [-0.39, 0.29) is 5.91 Å². The summed E-state index contributed by atoms with van der Waals surface area (Å²) in [6.45, 7) is 2.29. The van der Waals surface area contributed by atoms with E-state index in [2.05, 4.69) is 11.4 Å². The van der Waals surface area contributed by atoms with E-state index in [4.69, 9.17) is 23.2 Å². The Kier molecular flexibility index (Phi) is 4.25. The second kappa shape index (κ2) is 6.40. The molecule has 124 valence electrons. The van der Waals surface area contributed by atoms with Crippen molar-refractivity contribution in [3.05, 3.63) is 68.7 Å². The molecule has 0 atom stereocenters. The summed E-state index contributed by atoms with van der Waals surface area (Å²) in [4.78, 5) is 15.0. The Hall–Kier alpha value is -1.55. The first-order valence-electron chi connectivity index (χ1n) is 8.19. The topological polar surface area (TPSA) is 32.3 Å². The number of hydrogen-bond acceptors (Lipinski definition) is 2. The smallest absolute Gasteiger partial charge is 0.254 e. The normalized spacial score (nSPS) is 16.1. The van der Waals surface area contributed by atoms with Crippen LogP contribution in [0, 0.1) is 0 Å². The zero-order valence-electron chi connectivity index (χ0n) is 13.2. The average Bonchev–Trinajstić information content (AvgIpc) is 3.31. The van der Waals surface area contributed by atoms with Crippen LogP contribution in [0.5, 0.6) is 0 Å². The summed E-state index contributed by atoms with van der Waals surface area (Å²) >= 11 is 12.1. The molecule has 0 saturated heterocycles. The van der Waals surface area contributed by atoms with Crippen LogP contribution in [0.4, 0.5) is 0 Å². The molecule has 1 N–H and O–H groups in total. The Balaban J connectivity index is 1.58. The number of fused-ring (bicyclic) bond motifs is 1. The Morgan fingerprint density at radius 1 is 1.04 bits per heavy atom. The van der Waals surface area contributed by atoms with E-state index in [0.29, 0.717) is 22.6 Å². The largest absolute Gasteiger partial charge is 0.331 e. The van der Waals surface area contributed by atoms with Crippen LogP contribution < -0.4 is 5.32 Å². The third-order valence-corrected chi connectivity index (χ3v) is 5.41. The lowest BCUT2D eigenvalue weighted by Crippen LogP contribution is -2.32. The number of carbonyl (C=O) groups excluding carboxylic acids is 1. The number of nitrogens with zero attached hydrogens (tertiary/aromatic N) is 1. The van der Waals surface area contributed by atoms with Gasteiger partial charge in [0.25, 0.3) is 5.91 Å². The molecule has 2 aliphatic rings. The summed E-state index contributed by atoms with van der Waals surface area (Å²) in [7, 11) is 0. The van der Waals surface area contributed by atoms with Gasteiger partial charge in [-0.3, -0.25) is 4.79 Å².